The molecule has 1 N–H and O–H groups in total. The highest BCUT2D eigenvalue weighted by Crippen LogP contribution is 2.33. The Bertz CT molecular complexity index is 533. The van der Waals surface area contributed by atoms with Gasteiger partial charge in [-0.3, -0.25) is 4.79 Å². The summed E-state index contributed by atoms with van der Waals surface area (Å²) >= 11 is 1.52. The van der Waals surface area contributed by atoms with Crippen molar-refractivity contribution in [2.45, 2.75) is 36.6 Å². The van der Waals surface area contributed by atoms with Crippen LogP contribution >= 0.6 is 11.8 Å². The summed E-state index contributed by atoms with van der Waals surface area (Å²) in [5.41, 5.74) is 1.35. The topological polar surface area (TPSA) is 64.3 Å². The smallest absolute Gasteiger partial charge is 0.323 e. The number of rotatable bonds is 5. The second kappa shape index (κ2) is 6.67. The van der Waals surface area contributed by atoms with Gasteiger partial charge in [-0.05, 0) is 31.2 Å². The Morgan fingerprint density at radius 2 is 2.20 bits per heavy atom. The Kier molecular flexibility index (Phi) is 4.91. The van der Waals surface area contributed by atoms with Crippen molar-refractivity contribution in [1.29, 1.82) is 5.26 Å². The SMILES string of the molecule is CSc1cccc(N(CC(=O)O)C2CCCC2)c1C#N. The normalized spacial score (nSPS) is 15.0. The third-order valence-electron chi connectivity index (χ3n) is 3.72. The molecule has 1 aliphatic rings. The van der Waals surface area contributed by atoms with Gasteiger partial charge in [0.1, 0.15) is 12.6 Å². The number of carboxylic acids is 1. The van der Waals surface area contributed by atoms with Gasteiger partial charge in [0.15, 0.2) is 0 Å². The first-order valence-electron chi connectivity index (χ1n) is 6.73. The number of nitrogens with zero attached hydrogens (tertiary/aromatic N) is 2. The van der Waals surface area contributed by atoms with Gasteiger partial charge in [0.2, 0.25) is 0 Å². The van der Waals surface area contributed by atoms with Crippen LogP contribution < -0.4 is 4.90 Å². The molecule has 0 radical (unpaired) electrons. The Balaban J connectivity index is 2.42. The van der Waals surface area contributed by atoms with Crippen molar-refractivity contribution in [3.05, 3.63) is 23.8 Å². The van der Waals surface area contributed by atoms with Crippen LogP contribution in [0.15, 0.2) is 23.1 Å². The zero-order valence-electron chi connectivity index (χ0n) is 11.5. The molecular formula is C15H18N2O2S. The van der Waals surface area contributed by atoms with Crippen LogP contribution in [-0.2, 0) is 4.79 Å². The Hall–Kier alpha value is -1.67. The van der Waals surface area contributed by atoms with E-state index in [1.165, 1.54) is 11.8 Å². The summed E-state index contributed by atoms with van der Waals surface area (Å²) in [6.07, 6.45) is 6.19. The molecule has 1 aromatic carbocycles. The number of anilines is 1. The van der Waals surface area contributed by atoms with Gasteiger partial charge in [0.05, 0.1) is 11.3 Å². The molecule has 0 spiro atoms. The minimum atomic E-state index is -0.852. The molecular weight excluding hydrogens is 272 g/mol. The van der Waals surface area contributed by atoms with E-state index in [0.717, 1.165) is 36.3 Å². The first-order chi connectivity index (χ1) is 9.67. The maximum atomic E-state index is 11.2. The first-order valence-corrected chi connectivity index (χ1v) is 7.95. The molecule has 1 saturated carbocycles. The third-order valence-corrected chi connectivity index (χ3v) is 4.50. The summed E-state index contributed by atoms with van der Waals surface area (Å²) in [5, 5.41) is 18.6. The predicted molar refractivity (Wildman–Crippen MR) is 80.2 cm³/mol. The minimum Gasteiger partial charge on any atom is -0.480 e. The van der Waals surface area contributed by atoms with Crippen molar-refractivity contribution >= 4 is 23.4 Å². The lowest BCUT2D eigenvalue weighted by molar-refractivity contribution is -0.135. The highest BCUT2D eigenvalue weighted by Gasteiger charge is 2.26. The number of thioether (sulfide) groups is 1. The van der Waals surface area contributed by atoms with Crippen LogP contribution in [0, 0.1) is 11.3 Å². The molecule has 20 heavy (non-hydrogen) atoms. The second-order valence-electron chi connectivity index (χ2n) is 4.93. The molecule has 106 valence electrons. The van der Waals surface area contributed by atoms with E-state index in [1.807, 2.05) is 29.4 Å². The quantitative estimate of drug-likeness (QED) is 0.844. The van der Waals surface area contributed by atoms with E-state index in [4.69, 9.17) is 5.11 Å². The number of benzene rings is 1. The monoisotopic (exact) mass is 290 g/mol. The van der Waals surface area contributed by atoms with E-state index in [0.29, 0.717) is 5.56 Å². The maximum absolute atomic E-state index is 11.2. The van der Waals surface area contributed by atoms with Crippen LogP contribution in [0.4, 0.5) is 5.69 Å². The molecule has 0 bridgehead atoms. The zero-order chi connectivity index (χ0) is 14.5. The van der Waals surface area contributed by atoms with Crippen molar-refractivity contribution in [3.63, 3.8) is 0 Å². The van der Waals surface area contributed by atoms with E-state index in [2.05, 4.69) is 6.07 Å². The molecule has 1 fully saturated rings. The van der Waals surface area contributed by atoms with Crippen LogP contribution in [0.3, 0.4) is 0 Å². The Labute approximate surface area is 123 Å². The van der Waals surface area contributed by atoms with Gasteiger partial charge in [0, 0.05) is 10.9 Å². The molecule has 1 aliphatic carbocycles. The number of carbonyl (C=O) groups is 1. The molecule has 0 saturated heterocycles. The molecule has 2 rings (SSSR count). The highest BCUT2D eigenvalue weighted by molar-refractivity contribution is 7.98. The second-order valence-corrected chi connectivity index (χ2v) is 5.77. The fourth-order valence-corrected chi connectivity index (χ4v) is 3.38. The van der Waals surface area contributed by atoms with Crippen LogP contribution in [0.5, 0.6) is 0 Å². The number of hydrogen-bond acceptors (Lipinski definition) is 4. The fourth-order valence-electron chi connectivity index (χ4n) is 2.81. The van der Waals surface area contributed by atoms with Crippen molar-refractivity contribution in [2.75, 3.05) is 17.7 Å². The zero-order valence-corrected chi connectivity index (χ0v) is 12.3. The van der Waals surface area contributed by atoms with Crippen LogP contribution in [0.2, 0.25) is 0 Å². The van der Waals surface area contributed by atoms with Crippen LogP contribution in [0.1, 0.15) is 31.2 Å². The molecule has 0 unspecified atom stereocenters. The fraction of sp³-hybridized carbons (Fsp3) is 0.467. The summed E-state index contributed by atoms with van der Waals surface area (Å²) in [4.78, 5) is 14.0. The van der Waals surface area contributed by atoms with E-state index in [1.54, 1.807) is 0 Å². The van der Waals surface area contributed by atoms with Gasteiger partial charge in [-0.15, -0.1) is 11.8 Å². The first kappa shape index (κ1) is 14.7. The van der Waals surface area contributed by atoms with E-state index < -0.39 is 5.97 Å². The van der Waals surface area contributed by atoms with E-state index in [9.17, 15) is 10.1 Å². The van der Waals surface area contributed by atoms with Crippen LogP contribution in [-0.4, -0.2) is 29.9 Å². The lowest BCUT2D eigenvalue weighted by atomic mass is 10.1. The summed E-state index contributed by atoms with van der Waals surface area (Å²) < 4.78 is 0. The van der Waals surface area contributed by atoms with Gasteiger partial charge in [-0.2, -0.15) is 5.26 Å². The van der Waals surface area contributed by atoms with Crippen molar-refractivity contribution in [3.8, 4) is 6.07 Å². The maximum Gasteiger partial charge on any atom is 0.323 e. The summed E-state index contributed by atoms with van der Waals surface area (Å²) in [6, 6.07) is 8.13. The molecule has 1 aromatic rings. The average Bonchev–Trinajstić information content (AvgIpc) is 2.97. The molecule has 0 amide bonds. The van der Waals surface area contributed by atoms with Gasteiger partial charge < -0.3 is 10.0 Å². The molecule has 0 aliphatic heterocycles. The van der Waals surface area contributed by atoms with Gasteiger partial charge in [0.25, 0.3) is 0 Å². The molecule has 0 aromatic heterocycles. The average molecular weight is 290 g/mol. The Morgan fingerprint density at radius 1 is 1.50 bits per heavy atom. The highest BCUT2D eigenvalue weighted by atomic mass is 32.2. The third kappa shape index (κ3) is 3.07. The van der Waals surface area contributed by atoms with Crippen molar-refractivity contribution in [2.24, 2.45) is 0 Å². The molecule has 0 heterocycles. The summed E-state index contributed by atoms with van der Waals surface area (Å²) in [5.74, 6) is -0.852. The lowest BCUT2D eigenvalue weighted by Crippen LogP contribution is -2.38. The standard InChI is InChI=1S/C15H18N2O2S/c1-20-14-8-4-7-13(12(14)9-16)17(10-15(18)19)11-5-2-3-6-11/h4,7-8,11H,2-3,5-6,10H2,1H3,(H,18,19). The minimum absolute atomic E-state index is 0.0445. The Morgan fingerprint density at radius 3 is 2.75 bits per heavy atom. The van der Waals surface area contributed by atoms with Crippen LogP contribution in [0.25, 0.3) is 0 Å². The lowest BCUT2D eigenvalue weighted by Gasteiger charge is -2.30. The summed E-state index contributed by atoms with van der Waals surface area (Å²) in [6.45, 7) is -0.0445. The number of nitriles is 1. The molecule has 4 nitrogen and oxygen atoms in total. The predicted octanol–water partition coefficient (Wildman–Crippen LogP) is 3.11. The van der Waals surface area contributed by atoms with Gasteiger partial charge >= 0.3 is 5.97 Å². The van der Waals surface area contributed by atoms with Crippen molar-refractivity contribution in [1.82, 2.24) is 0 Å². The van der Waals surface area contributed by atoms with E-state index >= 15 is 0 Å². The van der Waals surface area contributed by atoms with Crippen molar-refractivity contribution < 1.29 is 9.90 Å². The summed E-state index contributed by atoms with van der Waals surface area (Å²) in [7, 11) is 0. The largest absolute Gasteiger partial charge is 0.480 e. The number of carboxylic acid groups (broad SMARTS) is 1. The molecule has 5 heteroatoms. The molecule has 0 atom stereocenters. The number of hydrogen-bond donors (Lipinski definition) is 1. The van der Waals surface area contributed by atoms with E-state index in [-0.39, 0.29) is 12.6 Å². The van der Waals surface area contributed by atoms with Gasteiger partial charge in [-0.1, -0.05) is 18.9 Å². The van der Waals surface area contributed by atoms with Gasteiger partial charge in [-0.25, -0.2) is 0 Å². The number of aliphatic carboxylic acids is 1.